The third-order valence-electron chi connectivity index (χ3n) is 4.85. The summed E-state index contributed by atoms with van der Waals surface area (Å²) in [7, 11) is 2.14. The van der Waals surface area contributed by atoms with Gasteiger partial charge in [-0.2, -0.15) is 0 Å². The van der Waals surface area contributed by atoms with Crippen molar-refractivity contribution in [3.05, 3.63) is 48.0 Å². The molecule has 3 heterocycles. The van der Waals surface area contributed by atoms with Gasteiger partial charge in [-0.25, -0.2) is 4.98 Å². The summed E-state index contributed by atoms with van der Waals surface area (Å²) >= 11 is 0. The molecular formula is C18H21N5O. The molecule has 1 atom stereocenters. The molecule has 2 N–H and O–H groups in total. The predicted octanol–water partition coefficient (Wildman–Crippen LogP) is 2.03. The first kappa shape index (κ1) is 15.1. The summed E-state index contributed by atoms with van der Waals surface area (Å²) in [5, 5.41) is 2.97. The van der Waals surface area contributed by atoms with Crippen LogP contribution in [0.25, 0.3) is 0 Å². The maximum atomic E-state index is 12.6. The summed E-state index contributed by atoms with van der Waals surface area (Å²) in [5.41, 5.74) is 3.49. The number of carbonyl (C=O) groups is 1. The van der Waals surface area contributed by atoms with E-state index in [0.717, 1.165) is 48.6 Å². The molecule has 0 radical (unpaired) electrons. The number of fused-ring (bicyclic) bond motifs is 1. The van der Waals surface area contributed by atoms with Crippen molar-refractivity contribution in [2.45, 2.75) is 24.8 Å². The van der Waals surface area contributed by atoms with Crippen molar-refractivity contribution in [2.75, 3.05) is 25.5 Å². The predicted molar refractivity (Wildman–Crippen MR) is 93.5 cm³/mol. The Hall–Kier alpha value is -2.47. The second-order valence-electron chi connectivity index (χ2n) is 6.52. The Morgan fingerprint density at radius 3 is 2.83 bits per heavy atom. The van der Waals surface area contributed by atoms with E-state index in [2.05, 4.69) is 27.2 Å². The average Bonchev–Trinajstić information content (AvgIpc) is 3.22. The number of rotatable bonds is 3. The molecule has 4 rings (SSSR count). The van der Waals surface area contributed by atoms with Crippen LogP contribution in [-0.2, 0) is 4.79 Å². The number of nitrogens with one attached hydrogen (secondary N) is 2. The first-order chi connectivity index (χ1) is 11.7. The molecule has 0 saturated carbocycles. The van der Waals surface area contributed by atoms with Crippen LogP contribution >= 0.6 is 0 Å². The van der Waals surface area contributed by atoms with Crippen molar-refractivity contribution in [3.8, 4) is 0 Å². The van der Waals surface area contributed by atoms with E-state index < -0.39 is 0 Å². The van der Waals surface area contributed by atoms with Gasteiger partial charge >= 0.3 is 0 Å². The average molecular weight is 323 g/mol. The number of para-hydroxylation sites is 1. The van der Waals surface area contributed by atoms with Gasteiger partial charge in [0, 0.05) is 5.69 Å². The summed E-state index contributed by atoms with van der Waals surface area (Å²) in [4.78, 5) is 27.2. The summed E-state index contributed by atoms with van der Waals surface area (Å²) in [5.74, 6) is -0.390. The Balaban J connectivity index is 1.73. The van der Waals surface area contributed by atoms with E-state index in [1.54, 1.807) is 12.5 Å². The Morgan fingerprint density at radius 2 is 2.08 bits per heavy atom. The molecule has 1 aromatic heterocycles. The van der Waals surface area contributed by atoms with Gasteiger partial charge in [-0.05, 0) is 44.6 Å². The molecule has 1 amide bonds. The van der Waals surface area contributed by atoms with Crippen LogP contribution in [0.3, 0.4) is 0 Å². The Morgan fingerprint density at radius 1 is 1.29 bits per heavy atom. The number of amides is 1. The molecule has 1 saturated heterocycles. The van der Waals surface area contributed by atoms with Crippen LogP contribution in [0.4, 0.5) is 5.69 Å². The van der Waals surface area contributed by atoms with Gasteiger partial charge in [-0.3, -0.25) is 9.79 Å². The highest BCUT2D eigenvalue weighted by molar-refractivity contribution is 6.23. The molecule has 1 fully saturated rings. The molecule has 6 heteroatoms. The molecule has 24 heavy (non-hydrogen) atoms. The molecule has 0 spiro atoms. The number of aliphatic imine (C=N–C) groups is 1. The Labute approximate surface area is 141 Å². The van der Waals surface area contributed by atoms with Crippen molar-refractivity contribution in [2.24, 2.45) is 4.99 Å². The van der Waals surface area contributed by atoms with E-state index in [4.69, 9.17) is 4.99 Å². The molecular weight excluding hydrogens is 302 g/mol. The number of aromatic nitrogens is 2. The highest BCUT2D eigenvalue weighted by Gasteiger charge is 2.36. The number of anilines is 1. The lowest BCUT2D eigenvalue weighted by molar-refractivity contribution is -0.115. The minimum absolute atomic E-state index is 0.0162. The number of hydrogen-bond acceptors (Lipinski definition) is 4. The fraction of sp³-hybridized carbons (Fsp3) is 0.389. The molecule has 2 aliphatic rings. The first-order valence-corrected chi connectivity index (χ1v) is 8.37. The van der Waals surface area contributed by atoms with Crippen LogP contribution in [0.2, 0.25) is 0 Å². The second kappa shape index (κ2) is 6.20. The Kier molecular flexibility index (Phi) is 3.90. The fourth-order valence-electron chi connectivity index (χ4n) is 3.50. The van der Waals surface area contributed by atoms with Crippen molar-refractivity contribution in [1.82, 2.24) is 14.9 Å². The summed E-state index contributed by atoms with van der Waals surface area (Å²) < 4.78 is 0. The maximum absolute atomic E-state index is 12.6. The molecule has 124 valence electrons. The molecule has 2 aliphatic heterocycles. The number of H-pyrrole nitrogens is 1. The molecule has 0 bridgehead atoms. The van der Waals surface area contributed by atoms with Crippen LogP contribution in [0, 0.1) is 0 Å². The monoisotopic (exact) mass is 323 g/mol. The fourth-order valence-corrected chi connectivity index (χ4v) is 3.50. The number of piperidine rings is 1. The molecule has 6 nitrogen and oxygen atoms in total. The molecule has 2 aromatic rings. The number of benzene rings is 1. The van der Waals surface area contributed by atoms with E-state index in [9.17, 15) is 4.79 Å². The van der Waals surface area contributed by atoms with Crippen molar-refractivity contribution in [3.63, 3.8) is 0 Å². The molecule has 1 unspecified atom stereocenters. The highest BCUT2D eigenvalue weighted by Crippen LogP contribution is 2.35. The van der Waals surface area contributed by atoms with E-state index in [1.165, 1.54) is 0 Å². The normalized spacial score (nSPS) is 22.5. The third kappa shape index (κ3) is 2.73. The van der Waals surface area contributed by atoms with Crippen LogP contribution in [0.15, 0.2) is 41.8 Å². The van der Waals surface area contributed by atoms with Crippen LogP contribution in [0.5, 0.6) is 0 Å². The van der Waals surface area contributed by atoms with Gasteiger partial charge in [0.05, 0.1) is 30.0 Å². The summed E-state index contributed by atoms with van der Waals surface area (Å²) in [6.07, 6.45) is 5.43. The number of likely N-dealkylation sites (tertiary alicyclic amines) is 1. The second-order valence-corrected chi connectivity index (χ2v) is 6.52. The number of carbonyl (C=O) groups excluding carboxylic acids is 1. The largest absolute Gasteiger partial charge is 0.344 e. The van der Waals surface area contributed by atoms with Crippen molar-refractivity contribution in [1.29, 1.82) is 0 Å². The minimum atomic E-state index is -0.374. The van der Waals surface area contributed by atoms with Gasteiger partial charge in [0.1, 0.15) is 5.92 Å². The van der Waals surface area contributed by atoms with Crippen molar-refractivity contribution >= 4 is 17.3 Å². The van der Waals surface area contributed by atoms with Gasteiger partial charge in [0.25, 0.3) is 0 Å². The lowest BCUT2D eigenvalue weighted by Gasteiger charge is -2.27. The maximum Gasteiger partial charge on any atom is 0.238 e. The zero-order valence-corrected chi connectivity index (χ0v) is 13.7. The quantitative estimate of drug-likeness (QED) is 0.849. The lowest BCUT2D eigenvalue weighted by Crippen LogP contribution is -2.33. The number of hydrogen-bond donors (Lipinski definition) is 2. The molecule has 1 aromatic carbocycles. The van der Waals surface area contributed by atoms with E-state index in [0.29, 0.717) is 0 Å². The van der Waals surface area contributed by atoms with Gasteiger partial charge in [-0.1, -0.05) is 18.2 Å². The summed E-state index contributed by atoms with van der Waals surface area (Å²) in [6.45, 7) is 2.08. The molecule has 0 aliphatic carbocycles. The van der Waals surface area contributed by atoms with Crippen LogP contribution in [-0.4, -0.2) is 52.7 Å². The van der Waals surface area contributed by atoms with Crippen LogP contribution < -0.4 is 5.32 Å². The number of aromatic amines is 1. The topological polar surface area (TPSA) is 73.4 Å². The van der Waals surface area contributed by atoms with Gasteiger partial charge in [-0.15, -0.1) is 0 Å². The van der Waals surface area contributed by atoms with E-state index >= 15 is 0 Å². The van der Waals surface area contributed by atoms with E-state index in [-0.39, 0.29) is 17.9 Å². The first-order valence-electron chi connectivity index (χ1n) is 8.37. The van der Waals surface area contributed by atoms with Gasteiger partial charge < -0.3 is 15.2 Å². The zero-order chi connectivity index (χ0) is 16.5. The number of nitrogens with zero attached hydrogens (tertiary/aromatic N) is 3. The zero-order valence-electron chi connectivity index (χ0n) is 13.7. The van der Waals surface area contributed by atoms with Crippen molar-refractivity contribution < 1.29 is 4.79 Å². The summed E-state index contributed by atoms with van der Waals surface area (Å²) in [6, 6.07) is 8.09. The van der Waals surface area contributed by atoms with Gasteiger partial charge in [0.15, 0.2) is 0 Å². The standard InChI is InChI=1S/C18H21N5O/c1-23-8-6-12(7-9-23)21-17(15-10-19-11-20-15)16-13-4-2-3-5-14(13)22-18(16)24/h2-5,10-12,16H,6-9H2,1H3,(H,19,20)(H,22,24). The smallest absolute Gasteiger partial charge is 0.238 e. The third-order valence-corrected chi connectivity index (χ3v) is 4.85. The highest BCUT2D eigenvalue weighted by atomic mass is 16.2. The minimum Gasteiger partial charge on any atom is -0.344 e. The Bertz CT molecular complexity index is 759. The number of imidazole rings is 1. The SMILES string of the molecule is CN1CCC(N=C(c2cnc[nH]2)C2C(=O)Nc3ccccc32)CC1. The lowest BCUT2D eigenvalue weighted by atomic mass is 9.93. The van der Waals surface area contributed by atoms with Gasteiger partial charge in [0.2, 0.25) is 5.91 Å². The van der Waals surface area contributed by atoms with E-state index in [1.807, 2.05) is 24.3 Å². The van der Waals surface area contributed by atoms with Crippen LogP contribution in [0.1, 0.15) is 30.0 Å².